The molecule has 1 aliphatic heterocycles. The molecule has 1 aliphatic rings. The van der Waals surface area contributed by atoms with Gasteiger partial charge in [0.2, 0.25) is 5.91 Å². The molecular weight excluding hydrogens is 389 g/mol. The Morgan fingerprint density at radius 1 is 1.34 bits per heavy atom. The van der Waals surface area contributed by atoms with Crippen LogP contribution in [-0.2, 0) is 17.5 Å². The van der Waals surface area contributed by atoms with Gasteiger partial charge in [-0.05, 0) is 38.8 Å². The molecule has 2 aromatic heterocycles. The first-order chi connectivity index (χ1) is 13.7. The maximum Gasteiger partial charge on any atom is 0.418 e. The molecule has 2 aromatic rings. The standard InChI is InChI=1S/C19H21F3N4O3/c1-11-14(12(2)29-25-11)10-26-9-7-13(5-6-16(26)27)24-18(28)17-15(19(20,21)22)4-3-8-23-17/h3-4,8,13H,5-7,9-10H2,1-2H3,(H,24,28). The summed E-state index contributed by atoms with van der Waals surface area (Å²) in [5.74, 6) is -0.343. The fraction of sp³-hybridized carbons (Fsp3) is 0.474. The molecule has 3 rings (SSSR count). The normalized spacial score (nSPS) is 17.9. The molecule has 156 valence electrons. The summed E-state index contributed by atoms with van der Waals surface area (Å²) < 4.78 is 44.5. The van der Waals surface area contributed by atoms with Crippen LogP contribution in [0.15, 0.2) is 22.9 Å². The van der Waals surface area contributed by atoms with Crippen LogP contribution < -0.4 is 5.32 Å². The van der Waals surface area contributed by atoms with Gasteiger partial charge in [-0.3, -0.25) is 14.6 Å². The van der Waals surface area contributed by atoms with Gasteiger partial charge in [-0.1, -0.05) is 5.16 Å². The van der Waals surface area contributed by atoms with E-state index in [1.165, 1.54) is 0 Å². The van der Waals surface area contributed by atoms with E-state index in [2.05, 4.69) is 15.5 Å². The number of hydrogen-bond donors (Lipinski definition) is 1. The summed E-state index contributed by atoms with van der Waals surface area (Å²) in [6, 6.07) is 1.53. The molecule has 0 saturated carbocycles. The summed E-state index contributed by atoms with van der Waals surface area (Å²) in [7, 11) is 0. The van der Waals surface area contributed by atoms with Crippen molar-refractivity contribution in [2.24, 2.45) is 0 Å². The highest BCUT2D eigenvalue weighted by Gasteiger charge is 2.36. The van der Waals surface area contributed by atoms with E-state index in [4.69, 9.17) is 4.52 Å². The van der Waals surface area contributed by atoms with E-state index in [-0.39, 0.29) is 12.3 Å². The zero-order valence-corrected chi connectivity index (χ0v) is 16.0. The first-order valence-corrected chi connectivity index (χ1v) is 9.19. The molecule has 0 bridgehead atoms. The fourth-order valence-corrected chi connectivity index (χ4v) is 3.34. The maximum absolute atomic E-state index is 13.1. The summed E-state index contributed by atoms with van der Waals surface area (Å²) in [4.78, 5) is 30.1. The van der Waals surface area contributed by atoms with Crippen molar-refractivity contribution in [3.63, 3.8) is 0 Å². The van der Waals surface area contributed by atoms with Crippen LogP contribution in [0.25, 0.3) is 0 Å². The second-order valence-electron chi connectivity index (χ2n) is 7.01. The molecule has 3 heterocycles. The molecule has 29 heavy (non-hydrogen) atoms. The van der Waals surface area contributed by atoms with Crippen LogP contribution in [0, 0.1) is 13.8 Å². The maximum atomic E-state index is 13.1. The SMILES string of the molecule is Cc1noc(C)c1CN1CCC(NC(=O)c2ncccc2C(F)(F)F)CCC1=O. The molecular formula is C19H21F3N4O3. The third-order valence-corrected chi connectivity index (χ3v) is 5.00. The molecule has 0 radical (unpaired) electrons. The highest BCUT2D eigenvalue weighted by Crippen LogP contribution is 2.31. The number of nitrogens with one attached hydrogen (secondary N) is 1. The first kappa shape index (κ1) is 20.8. The Kier molecular flexibility index (Phi) is 5.90. The van der Waals surface area contributed by atoms with Crippen LogP contribution in [0.2, 0.25) is 0 Å². The number of amides is 2. The Morgan fingerprint density at radius 2 is 2.10 bits per heavy atom. The van der Waals surface area contributed by atoms with Gasteiger partial charge in [0.15, 0.2) is 0 Å². The molecule has 0 spiro atoms. The second-order valence-corrected chi connectivity index (χ2v) is 7.01. The number of aryl methyl sites for hydroxylation is 2. The van der Waals surface area contributed by atoms with Crippen LogP contribution in [0.1, 0.15) is 52.3 Å². The lowest BCUT2D eigenvalue weighted by Crippen LogP contribution is -2.37. The lowest BCUT2D eigenvalue weighted by atomic mass is 10.1. The van der Waals surface area contributed by atoms with E-state index in [0.717, 1.165) is 23.9 Å². The number of rotatable bonds is 4. The molecule has 0 aliphatic carbocycles. The lowest BCUT2D eigenvalue weighted by Gasteiger charge is -2.21. The first-order valence-electron chi connectivity index (χ1n) is 9.19. The van der Waals surface area contributed by atoms with E-state index in [1.807, 2.05) is 0 Å². The van der Waals surface area contributed by atoms with E-state index in [0.29, 0.717) is 37.4 Å². The largest absolute Gasteiger partial charge is 0.418 e. The number of aromatic nitrogens is 2. The molecule has 1 atom stereocenters. The number of carbonyl (C=O) groups excluding carboxylic acids is 2. The average molecular weight is 410 g/mol. The van der Waals surface area contributed by atoms with Crippen molar-refractivity contribution < 1.29 is 27.3 Å². The molecule has 2 amide bonds. The predicted molar refractivity (Wildman–Crippen MR) is 95.7 cm³/mol. The smallest absolute Gasteiger partial charge is 0.361 e. The van der Waals surface area contributed by atoms with Gasteiger partial charge in [-0.25, -0.2) is 0 Å². The lowest BCUT2D eigenvalue weighted by molar-refractivity contribution is -0.138. The molecule has 1 fully saturated rings. The van der Waals surface area contributed by atoms with Crippen molar-refractivity contribution in [3.8, 4) is 0 Å². The van der Waals surface area contributed by atoms with Crippen molar-refractivity contribution in [2.75, 3.05) is 6.54 Å². The van der Waals surface area contributed by atoms with E-state index in [9.17, 15) is 22.8 Å². The second kappa shape index (κ2) is 8.22. The van der Waals surface area contributed by atoms with E-state index in [1.54, 1.807) is 18.7 Å². The zero-order chi connectivity index (χ0) is 21.2. The van der Waals surface area contributed by atoms with Gasteiger partial charge in [-0.15, -0.1) is 0 Å². The molecule has 1 saturated heterocycles. The van der Waals surface area contributed by atoms with Gasteiger partial charge in [0.1, 0.15) is 11.5 Å². The number of alkyl halides is 3. The van der Waals surface area contributed by atoms with E-state index >= 15 is 0 Å². The van der Waals surface area contributed by atoms with Gasteiger partial charge in [0.05, 0.1) is 17.8 Å². The van der Waals surface area contributed by atoms with Gasteiger partial charge in [-0.2, -0.15) is 13.2 Å². The fourth-order valence-electron chi connectivity index (χ4n) is 3.34. The van der Waals surface area contributed by atoms with Gasteiger partial charge in [0, 0.05) is 30.8 Å². The number of pyridine rings is 1. The third kappa shape index (κ3) is 4.75. The minimum absolute atomic E-state index is 0.0874. The van der Waals surface area contributed by atoms with Gasteiger partial charge in [0.25, 0.3) is 5.91 Å². The van der Waals surface area contributed by atoms with Crippen molar-refractivity contribution in [3.05, 3.63) is 46.6 Å². The monoisotopic (exact) mass is 410 g/mol. The van der Waals surface area contributed by atoms with Crippen molar-refractivity contribution >= 4 is 11.8 Å². The Balaban J connectivity index is 1.67. The number of likely N-dealkylation sites (tertiary alicyclic amines) is 1. The Morgan fingerprint density at radius 3 is 2.76 bits per heavy atom. The van der Waals surface area contributed by atoms with Crippen molar-refractivity contribution in [1.29, 1.82) is 0 Å². The Bertz CT molecular complexity index is 891. The molecule has 1 N–H and O–H groups in total. The number of nitrogens with zero attached hydrogens (tertiary/aromatic N) is 3. The minimum Gasteiger partial charge on any atom is -0.361 e. The number of halogens is 3. The summed E-state index contributed by atoms with van der Waals surface area (Å²) in [6.45, 7) is 4.27. The van der Waals surface area contributed by atoms with Crippen molar-refractivity contribution in [1.82, 2.24) is 20.4 Å². The average Bonchev–Trinajstić information content (AvgIpc) is 2.88. The van der Waals surface area contributed by atoms with E-state index < -0.39 is 29.4 Å². The summed E-state index contributed by atoms with van der Waals surface area (Å²) in [6.07, 6.45) is -2.58. The Labute approximate surface area is 165 Å². The third-order valence-electron chi connectivity index (χ3n) is 5.00. The Hall–Kier alpha value is -2.91. The summed E-state index contributed by atoms with van der Waals surface area (Å²) >= 11 is 0. The molecule has 7 nitrogen and oxygen atoms in total. The van der Waals surface area contributed by atoms with Gasteiger partial charge >= 0.3 is 6.18 Å². The number of carbonyl (C=O) groups is 2. The van der Waals surface area contributed by atoms with Crippen LogP contribution in [-0.4, -0.2) is 39.4 Å². The summed E-state index contributed by atoms with van der Waals surface area (Å²) in [5.41, 5.74) is -0.200. The quantitative estimate of drug-likeness (QED) is 0.837. The van der Waals surface area contributed by atoms with Crippen LogP contribution in [0.3, 0.4) is 0 Å². The van der Waals surface area contributed by atoms with Gasteiger partial charge < -0.3 is 14.7 Å². The summed E-state index contributed by atoms with van der Waals surface area (Å²) in [5, 5.41) is 6.48. The highest BCUT2D eigenvalue weighted by molar-refractivity contribution is 5.94. The topological polar surface area (TPSA) is 88.3 Å². The zero-order valence-electron chi connectivity index (χ0n) is 16.0. The van der Waals surface area contributed by atoms with Crippen LogP contribution in [0.5, 0.6) is 0 Å². The highest BCUT2D eigenvalue weighted by atomic mass is 19.4. The van der Waals surface area contributed by atoms with Crippen LogP contribution >= 0.6 is 0 Å². The predicted octanol–water partition coefficient (Wildman–Crippen LogP) is 3.02. The minimum atomic E-state index is -4.68. The van der Waals surface area contributed by atoms with Crippen LogP contribution in [0.4, 0.5) is 13.2 Å². The molecule has 0 aromatic carbocycles. The van der Waals surface area contributed by atoms with Crippen molar-refractivity contribution in [2.45, 2.75) is 51.9 Å². The molecule has 10 heteroatoms. The number of hydrogen-bond acceptors (Lipinski definition) is 5. The molecule has 1 unspecified atom stereocenters.